The van der Waals surface area contributed by atoms with Crippen LogP contribution in [0, 0.1) is 0 Å². The summed E-state index contributed by atoms with van der Waals surface area (Å²) in [5.74, 6) is 0.718. The highest BCUT2D eigenvalue weighted by molar-refractivity contribution is 4.97. The van der Waals surface area contributed by atoms with E-state index in [0.29, 0.717) is 6.61 Å². The Morgan fingerprint density at radius 3 is 3.00 bits per heavy atom. The molecule has 11 heavy (non-hydrogen) atoms. The monoisotopic (exact) mass is 152 g/mol. The molecule has 1 aromatic rings. The van der Waals surface area contributed by atoms with Gasteiger partial charge in [-0.05, 0) is 13.0 Å². The molecule has 0 amide bonds. The molecule has 1 heterocycles. The number of rotatable bonds is 3. The lowest BCUT2D eigenvalue weighted by Gasteiger charge is -2.00. The van der Waals surface area contributed by atoms with Crippen LogP contribution in [0.4, 0.5) is 0 Å². The lowest BCUT2D eigenvalue weighted by molar-refractivity contribution is 0.198. The Morgan fingerprint density at radius 2 is 2.55 bits per heavy atom. The molecule has 0 aromatic carbocycles. The van der Waals surface area contributed by atoms with Crippen molar-refractivity contribution in [3.8, 4) is 0 Å². The third kappa shape index (κ3) is 2.45. The molecule has 60 valence electrons. The Kier molecular flexibility index (Phi) is 2.31. The predicted octanol–water partition coefficient (Wildman–Crippen LogP) is 1.47. The highest BCUT2D eigenvalue weighted by Crippen LogP contribution is 2.00. The maximum atomic E-state index is 5.17. The quantitative estimate of drug-likeness (QED) is 0.613. The highest BCUT2D eigenvalue weighted by atomic mass is 16.5. The van der Waals surface area contributed by atoms with Crippen LogP contribution in [0.3, 0.4) is 0 Å². The summed E-state index contributed by atoms with van der Waals surface area (Å²) in [6.45, 7) is 5.95. The van der Waals surface area contributed by atoms with Crippen molar-refractivity contribution >= 4 is 0 Å². The summed E-state index contributed by atoms with van der Waals surface area (Å²) in [5, 5.41) is 4.13. The van der Waals surface area contributed by atoms with E-state index in [2.05, 4.69) is 11.7 Å². The smallest absolute Gasteiger partial charge is 0.131 e. The fourth-order valence-corrected chi connectivity index (χ4v) is 0.737. The van der Waals surface area contributed by atoms with Gasteiger partial charge >= 0.3 is 0 Å². The standard InChI is InChI=1S/C8H12N2O/c1-7(2)11-6-8-4-5-10(3)9-8/h4-5H,1,6H2,2-3H3. The van der Waals surface area contributed by atoms with Crippen LogP contribution in [-0.2, 0) is 18.4 Å². The minimum atomic E-state index is 0.510. The molecular weight excluding hydrogens is 140 g/mol. The minimum Gasteiger partial charge on any atom is -0.492 e. The second-order valence-corrected chi connectivity index (χ2v) is 2.47. The Bertz CT molecular complexity index is 252. The number of hydrogen-bond donors (Lipinski definition) is 0. The van der Waals surface area contributed by atoms with Crippen LogP contribution in [0.2, 0.25) is 0 Å². The zero-order valence-corrected chi connectivity index (χ0v) is 6.87. The van der Waals surface area contributed by atoms with E-state index in [4.69, 9.17) is 4.74 Å². The Morgan fingerprint density at radius 1 is 1.82 bits per heavy atom. The van der Waals surface area contributed by atoms with E-state index in [1.54, 1.807) is 4.68 Å². The van der Waals surface area contributed by atoms with Gasteiger partial charge in [0.2, 0.25) is 0 Å². The van der Waals surface area contributed by atoms with Crippen LogP contribution in [0.15, 0.2) is 24.6 Å². The molecular formula is C8H12N2O. The summed E-state index contributed by atoms with van der Waals surface area (Å²) < 4.78 is 6.92. The van der Waals surface area contributed by atoms with Crippen LogP contribution < -0.4 is 0 Å². The largest absolute Gasteiger partial charge is 0.492 e. The molecule has 0 aliphatic heterocycles. The topological polar surface area (TPSA) is 27.1 Å². The van der Waals surface area contributed by atoms with E-state index >= 15 is 0 Å². The predicted molar refractivity (Wildman–Crippen MR) is 42.8 cm³/mol. The third-order valence-corrected chi connectivity index (χ3v) is 1.24. The van der Waals surface area contributed by atoms with E-state index in [0.717, 1.165) is 11.5 Å². The maximum Gasteiger partial charge on any atom is 0.131 e. The maximum absolute atomic E-state index is 5.17. The zero-order valence-electron chi connectivity index (χ0n) is 6.87. The SMILES string of the molecule is C=C(C)OCc1ccn(C)n1. The van der Waals surface area contributed by atoms with Crippen molar-refractivity contribution in [3.05, 3.63) is 30.3 Å². The number of nitrogens with zero attached hydrogens (tertiary/aromatic N) is 2. The van der Waals surface area contributed by atoms with Gasteiger partial charge in [-0.3, -0.25) is 4.68 Å². The van der Waals surface area contributed by atoms with Gasteiger partial charge in [-0.2, -0.15) is 5.10 Å². The van der Waals surface area contributed by atoms with Crippen LogP contribution in [0.5, 0.6) is 0 Å². The first-order valence-corrected chi connectivity index (χ1v) is 3.45. The van der Waals surface area contributed by atoms with Crippen molar-refractivity contribution in [1.82, 2.24) is 9.78 Å². The van der Waals surface area contributed by atoms with Crippen LogP contribution in [0.25, 0.3) is 0 Å². The van der Waals surface area contributed by atoms with Gasteiger partial charge in [0.25, 0.3) is 0 Å². The average molecular weight is 152 g/mol. The molecule has 0 fully saturated rings. The Balaban J connectivity index is 2.45. The molecule has 0 bridgehead atoms. The van der Waals surface area contributed by atoms with Crippen molar-refractivity contribution in [1.29, 1.82) is 0 Å². The van der Waals surface area contributed by atoms with Crippen molar-refractivity contribution in [2.75, 3.05) is 0 Å². The van der Waals surface area contributed by atoms with Crippen molar-refractivity contribution in [2.45, 2.75) is 13.5 Å². The average Bonchev–Trinajstić information content (AvgIpc) is 2.31. The second kappa shape index (κ2) is 3.23. The lowest BCUT2D eigenvalue weighted by atomic mass is 10.5. The zero-order chi connectivity index (χ0) is 8.27. The van der Waals surface area contributed by atoms with Crippen LogP contribution in [0.1, 0.15) is 12.6 Å². The van der Waals surface area contributed by atoms with Gasteiger partial charge < -0.3 is 4.74 Å². The number of aromatic nitrogens is 2. The third-order valence-electron chi connectivity index (χ3n) is 1.24. The molecule has 0 saturated heterocycles. The number of ether oxygens (including phenoxy) is 1. The van der Waals surface area contributed by atoms with Crippen molar-refractivity contribution in [3.63, 3.8) is 0 Å². The molecule has 0 aliphatic carbocycles. The minimum absolute atomic E-state index is 0.510. The van der Waals surface area contributed by atoms with Crippen LogP contribution >= 0.6 is 0 Å². The molecule has 0 unspecified atom stereocenters. The fraction of sp³-hybridized carbons (Fsp3) is 0.375. The summed E-state index contributed by atoms with van der Waals surface area (Å²) in [6, 6.07) is 1.92. The first-order valence-electron chi connectivity index (χ1n) is 3.45. The molecule has 0 atom stereocenters. The Labute approximate surface area is 66.3 Å². The van der Waals surface area contributed by atoms with Gasteiger partial charge in [0.05, 0.1) is 11.5 Å². The summed E-state index contributed by atoms with van der Waals surface area (Å²) in [6.07, 6.45) is 1.89. The summed E-state index contributed by atoms with van der Waals surface area (Å²) >= 11 is 0. The van der Waals surface area contributed by atoms with E-state index in [1.165, 1.54) is 0 Å². The molecule has 3 heteroatoms. The summed E-state index contributed by atoms with van der Waals surface area (Å²) in [7, 11) is 1.88. The first kappa shape index (κ1) is 7.85. The molecule has 1 aromatic heterocycles. The summed E-state index contributed by atoms with van der Waals surface area (Å²) in [5.41, 5.74) is 0.926. The van der Waals surface area contributed by atoms with Gasteiger partial charge in [0.1, 0.15) is 6.61 Å². The van der Waals surface area contributed by atoms with Gasteiger partial charge in [0, 0.05) is 13.2 Å². The molecule has 0 radical (unpaired) electrons. The van der Waals surface area contributed by atoms with Gasteiger partial charge in [-0.25, -0.2) is 0 Å². The molecule has 3 nitrogen and oxygen atoms in total. The number of aryl methyl sites for hydroxylation is 1. The van der Waals surface area contributed by atoms with Crippen molar-refractivity contribution in [2.24, 2.45) is 7.05 Å². The summed E-state index contributed by atoms with van der Waals surface area (Å²) in [4.78, 5) is 0. The first-order chi connectivity index (χ1) is 5.18. The normalized spacial score (nSPS) is 9.64. The Hall–Kier alpha value is -1.25. The molecule has 0 aliphatic rings. The lowest BCUT2D eigenvalue weighted by Crippen LogP contribution is -1.93. The van der Waals surface area contributed by atoms with Crippen molar-refractivity contribution < 1.29 is 4.74 Å². The van der Waals surface area contributed by atoms with Gasteiger partial charge in [-0.1, -0.05) is 6.58 Å². The molecule has 1 rings (SSSR count). The molecule has 0 spiro atoms. The fourth-order valence-electron chi connectivity index (χ4n) is 0.737. The number of hydrogen-bond acceptors (Lipinski definition) is 2. The second-order valence-electron chi connectivity index (χ2n) is 2.47. The van der Waals surface area contributed by atoms with Gasteiger partial charge in [-0.15, -0.1) is 0 Å². The van der Waals surface area contributed by atoms with E-state index in [-0.39, 0.29) is 0 Å². The van der Waals surface area contributed by atoms with Gasteiger partial charge in [0.15, 0.2) is 0 Å². The van der Waals surface area contributed by atoms with E-state index in [9.17, 15) is 0 Å². The molecule has 0 saturated carbocycles. The van der Waals surface area contributed by atoms with E-state index in [1.807, 2.05) is 26.2 Å². The van der Waals surface area contributed by atoms with Crippen LogP contribution in [-0.4, -0.2) is 9.78 Å². The van der Waals surface area contributed by atoms with E-state index < -0.39 is 0 Å². The molecule has 0 N–H and O–H groups in total. The number of allylic oxidation sites excluding steroid dienone is 1. The highest BCUT2D eigenvalue weighted by Gasteiger charge is 1.95.